The lowest BCUT2D eigenvalue weighted by Gasteiger charge is -2.11. The molecule has 0 aliphatic heterocycles. The molecule has 0 saturated heterocycles. The lowest BCUT2D eigenvalue weighted by molar-refractivity contribution is 0.478. The minimum Gasteiger partial charge on any atom is -0.388 e. The van der Waals surface area contributed by atoms with Crippen molar-refractivity contribution in [1.29, 1.82) is 0 Å². The third-order valence-corrected chi connectivity index (χ3v) is 2.67. The van der Waals surface area contributed by atoms with E-state index < -0.39 is 0 Å². The molecule has 2 N–H and O–H groups in total. The van der Waals surface area contributed by atoms with Crippen molar-refractivity contribution in [2.24, 2.45) is 11.7 Å². The first-order valence-corrected chi connectivity index (χ1v) is 6.08. The van der Waals surface area contributed by atoms with Gasteiger partial charge in [0.25, 0.3) is 0 Å². The minimum absolute atomic E-state index is 0.290. The zero-order chi connectivity index (χ0) is 12.3. The summed E-state index contributed by atoms with van der Waals surface area (Å²) in [7, 11) is 0. The smallest absolute Gasteiger partial charge is 0.143 e. The average Bonchev–Trinajstić information content (AvgIpc) is 2.57. The highest BCUT2D eigenvalue weighted by atomic mass is 32.1. The standard InChI is InChI=1S/C11H20N4S/c1-7(2)5-6-9-10(11(12)16)13-14-15(9)8(3)4/h7-8H,5-6H2,1-4H3,(H2,12,16). The molecule has 0 amide bonds. The van der Waals surface area contributed by atoms with Crippen molar-refractivity contribution in [3.8, 4) is 0 Å². The first-order valence-electron chi connectivity index (χ1n) is 5.67. The Bertz CT molecular complexity index is 368. The molecule has 0 bridgehead atoms. The van der Waals surface area contributed by atoms with Gasteiger partial charge in [0.05, 0.1) is 5.69 Å². The van der Waals surface area contributed by atoms with Gasteiger partial charge in [-0.15, -0.1) is 5.10 Å². The second-order valence-corrected chi connectivity index (χ2v) is 5.16. The third-order valence-electron chi connectivity index (χ3n) is 2.47. The summed E-state index contributed by atoms with van der Waals surface area (Å²) in [6, 6.07) is 0.290. The SMILES string of the molecule is CC(C)CCc1c(C(N)=S)nnn1C(C)C. The van der Waals surface area contributed by atoms with E-state index in [9.17, 15) is 0 Å². The molecule has 16 heavy (non-hydrogen) atoms. The Morgan fingerprint density at radius 2 is 2.00 bits per heavy atom. The molecule has 1 aromatic rings. The molecular weight excluding hydrogens is 220 g/mol. The molecule has 0 unspecified atom stereocenters. The Kier molecular flexibility index (Phi) is 4.41. The van der Waals surface area contributed by atoms with Gasteiger partial charge in [-0.3, -0.25) is 0 Å². The Morgan fingerprint density at radius 1 is 1.38 bits per heavy atom. The molecule has 1 aromatic heterocycles. The number of hydrogen-bond acceptors (Lipinski definition) is 3. The number of aromatic nitrogens is 3. The van der Waals surface area contributed by atoms with Crippen molar-refractivity contribution in [2.75, 3.05) is 0 Å². The van der Waals surface area contributed by atoms with Crippen LogP contribution in [0.25, 0.3) is 0 Å². The van der Waals surface area contributed by atoms with E-state index in [0.717, 1.165) is 18.5 Å². The van der Waals surface area contributed by atoms with E-state index in [-0.39, 0.29) is 6.04 Å². The van der Waals surface area contributed by atoms with Gasteiger partial charge in [0.2, 0.25) is 0 Å². The summed E-state index contributed by atoms with van der Waals surface area (Å²) in [5, 5.41) is 8.18. The predicted molar refractivity (Wildman–Crippen MR) is 69.5 cm³/mol. The zero-order valence-electron chi connectivity index (χ0n) is 10.4. The van der Waals surface area contributed by atoms with Gasteiger partial charge in [-0.1, -0.05) is 31.3 Å². The minimum atomic E-state index is 0.290. The van der Waals surface area contributed by atoms with Crippen LogP contribution < -0.4 is 5.73 Å². The summed E-state index contributed by atoms with van der Waals surface area (Å²) < 4.78 is 1.91. The van der Waals surface area contributed by atoms with Crippen LogP contribution in [-0.4, -0.2) is 20.0 Å². The normalized spacial score (nSPS) is 11.4. The fourth-order valence-electron chi connectivity index (χ4n) is 1.58. The molecule has 90 valence electrons. The summed E-state index contributed by atoms with van der Waals surface area (Å²) in [4.78, 5) is 0.339. The Balaban J connectivity index is 2.99. The molecule has 0 aliphatic carbocycles. The molecule has 0 spiro atoms. The third kappa shape index (κ3) is 3.01. The van der Waals surface area contributed by atoms with E-state index in [1.54, 1.807) is 0 Å². The number of nitrogens with two attached hydrogens (primary N) is 1. The van der Waals surface area contributed by atoms with Gasteiger partial charge in [-0.05, 0) is 32.6 Å². The Hall–Kier alpha value is -0.970. The van der Waals surface area contributed by atoms with Gasteiger partial charge >= 0.3 is 0 Å². The number of rotatable bonds is 5. The highest BCUT2D eigenvalue weighted by Crippen LogP contribution is 2.16. The van der Waals surface area contributed by atoms with E-state index in [2.05, 4.69) is 38.0 Å². The van der Waals surface area contributed by atoms with Crippen LogP contribution >= 0.6 is 12.2 Å². The first kappa shape index (κ1) is 13.1. The van der Waals surface area contributed by atoms with Gasteiger partial charge in [-0.2, -0.15) is 0 Å². The molecule has 5 heteroatoms. The lowest BCUT2D eigenvalue weighted by atomic mass is 10.1. The van der Waals surface area contributed by atoms with Crippen LogP contribution in [0, 0.1) is 5.92 Å². The molecule has 1 heterocycles. The molecule has 0 radical (unpaired) electrons. The highest BCUT2D eigenvalue weighted by Gasteiger charge is 2.16. The van der Waals surface area contributed by atoms with Crippen LogP contribution in [0.4, 0.5) is 0 Å². The van der Waals surface area contributed by atoms with Crippen LogP contribution in [0.1, 0.15) is 51.5 Å². The van der Waals surface area contributed by atoms with E-state index in [1.165, 1.54) is 0 Å². The van der Waals surface area contributed by atoms with Gasteiger partial charge in [0.1, 0.15) is 10.7 Å². The first-order chi connectivity index (χ1) is 7.43. The molecule has 0 fully saturated rings. The van der Waals surface area contributed by atoms with Gasteiger partial charge in [0, 0.05) is 6.04 Å². The van der Waals surface area contributed by atoms with Crippen molar-refractivity contribution in [1.82, 2.24) is 15.0 Å². The highest BCUT2D eigenvalue weighted by molar-refractivity contribution is 7.80. The van der Waals surface area contributed by atoms with Gasteiger partial charge in [-0.25, -0.2) is 4.68 Å². The van der Waals surface area contributed by atoms with E-state index in [1.807, 2.05) is 4.68 Å². The summed E-state index contributed by atoms with van der Waals surface area (Å²) in [6.07, 6.45) is 2.02. The topological polar surface area (TPSA) is 56.7 Å². The van der Waals surface area contributed by atoms with Crippen molar-refractivity contribution in [3.63, 3.8) is 0 Å². The molecule has 0 aliphatic rings. The van der Waals surface area contributed by atoms with E-state index in [4.69, 9.17) is 18.0 Å². The van der Waals surface area contributed by atoms with Crippen LogP contribution in [-0.2, 0) is 6.42 Å². The van der Waals surface area contributed by atoms with Crippen LogP contribution in [0.5, 0.6) is 0 Å². The number of thiocarbonyl (C=S) groups is 1. The average molecular weight is 240 g/mol. The maximum absolute atomic E-state index is 5.65. The molecule has 1 rings (SSSR count). The van der Waals surface area contributed by atoms with Gasteiger partial charge in [0.15, 0.2) is 0 Å². The largest absolute Gasteiger partial charge is 0.388 e. The van der Waals surface area contributed by atoms with Crippen molar-refractivity contribution in [2.45, 2.75) is 46.6 Å². The summed E-state index contributed by atoms with van der Waals surface area (Å²) in [5.41, 5.74) is 7.40. The van der Waals surface area contributed by atoms with Crippen molar-refractivity contribution >= 4 is 17.2 Å². The molecule has 0 atom stereocenters. The maximum atomic E-state index is 5.65. The zero-order valence-corrected chi connectivity index (χ0v) is 11.2. The maximum Gasteiger partial charge on any atom is 0.143 e. The van der Waals surface area contributed by atoms with Crippen molar-refractivity contribution < 1.29 is 0 Å². The number of nitrogens with zero attached hydrogens (tertiary/aromatic N) is 3. The Labute approximate surface area is 102 Å². The van der Waals surface area contributed by atoms with Crippen LogP contribution in [0.3, 0.4) is 0 Å². The van der Waals surface area contributed by atoms with E-state index >= 15 is 0 Å². The van der Waals surface area contributed by atoms with Crippen LogP contribution in [0.2, 0.25) is 0 Å². The summed E-state index contributed by atoms with van der Waals surface area (Å²) in [6.45, 7) is 8.56. The molecule has 0 aromatic carbocycles. The fraction of sp³-hybridized carbons (Fsp3) is 0.727. The second kappa shape index (κ2) is 5.39. The molecular formula is C11H20N4S. The molecule has 4 nitrogen and oxygen atoms in total. The molecule has 0 saturated carbocycles. The second-order valence-electron chi connectivity index (χ2n) is 4.72. The van der Waals surface area contributed by atoms with Crippen molar-refractivity contribution in [3.05, 3.63) is 11.4 Å². The van der Waals surface area contributed by atoms with E-state index in [0.29, 0.717) is 16.6 Å². The number of hydrogen-bond donors (Lipinski definition) is 1. The quantitative estimate of drug-likeness (QED) is 0.801. The predicted octanol–water partition coefficient (Wildman–Crippen LogP) is 2.08. The van der Waals surface area contributed by atoms with Crippen LogP contribution in [0.15, 0.2) is 0 Å². The summed E-state index contributed by atoms with van der Waals surface area (Å²) in [5.74, 6) is 0.648. The summed E-state index contributed by atoms with van der Waals surface area (Å²) >= 11 is 4.99. The lowest BCUT2D eigenvalue weighted by Crippen LogP contribution is -2.15. The Morgan fingerprint density at radius 3 is 2.44 bits per heavy atom. The van der Waals surface area contributed by atoms with Gasteiger partial charge < -0.3 is 5.73 Å². The fourth-order valence-corrected chi connectivity index (χ4v) is 1.74. The monoisotopic (exact) mass is 240 g/mol.